The van der Waals surface area contributed by atoms with E-state index in [1.165, 1.54) is 32.1 Å². The lowest BCUT2D eigenvalue weighted by Gasteiger charge is -2.45. The van der Waals surface area contributed by atoms with Crippen LogP contribution in [-0.2, 0) is 4.74 Å². The van der Waals surface area contributed by atoms with Crippen molar-refractivity contribution < 1.29 is 9.53 Å². The van der Waals surface area contributed by atoms with E-state index < -0.39 is 5.60 Å². The third-order valence-corrected chi connectivity index (χ3v) is 6.71. The molecule has 0 aromatic rings. The Morgan fingerprint density at radius 3 is 2.38 bits per heavy atom. The van der Waals surface area contributed by atoms with Crippen molar-refractivity contribution in [2.24, 2.45) is 22.7 Å². The van der Waals surface area contributed by atoms with Crippen LogP contribution in [0.2, 0.25) is 0 Å². The predicted octanol–water partition coefficient (Wildman–Crippen LogP) is 4.09. The van der Waals surface area contributed by atoms with Gasteiger partial charge in [-0.25, -0.2) is 4.79 Å². The second-order valence-electron chi connectivity index (χ2n) is 10.3. The number of amides is 1. The van der Waals surface area contributed by atoms with E-state index >= 15 is 0 Å². The number of ether oxygens (including phenoxy) is 1. The van der Waals surface area contributed by atoms with Crippen LogP contribution >= 0.6 is 0 Å². The van der Waals surface area contributed by atoms with E-state index in [4.69, 9.17) is 4.74 Å². The van der Waals surface area contributed by atoms with Gasteiger partial charge in [-0.1, -0.05) is 20.8 Å². The van der Waals surface area contributed by atoms with Crippen molar-refractivity contribution in [2.75, 3.05) is 6.54 Å². The van der Waals surface area contributed by atoms with E-state index in [0.717, 1.165) is 5.92 Å². The molecule has 138 valence electrons. The summed E-state index contributed by atoms with van der Waals surface area (Å²) >= 11 is 0. The quantitative estimate of drug-likeness (QED) is 0.795. The molecule has 2 N–H and O–H groups in total. The Balaban J connectivity index is 1.60. The Labute approximate surface area is 147 Å². The zero-order valence-electron chi connectivity index (χ0n) is 16.4. The van der Waals surface area contributed by atoms with Gasteiger partial charge in [0, 0.05) is 18.6 Å². The van der Waals surface area contributed by atoms with E-state index in [2.05, 4.69) is 31.4 Å². The molecule has 3 aliphatic rings. The third kappa shape index (κ3) is 3.58. The maximum absolute atomic E-state index is 12.0. The molecule has 4 atom stereocenters. The Kier molecular flexibility index (Phi) is 4.43. The van der Waals surface area contributed by atoms with Crippen molar-refractivity contribution in [1.82, 2.24) is 10.6 Å². The monoisotopic (exact) mass is 336 g/mol. The number of alkyl carbamates (subject to hydrolysis) is 1. The number of rotatable bonds is 5. The van der Waals surface area contributed by atoms with Crippen LogP contribution in [-0.4, -0.2) is 30.3 Å². The van der Waals surface area contributed by atoms with Crippen molar-refractivity contribution in [3.05, 3.63) is 0 Å². The molecule has 0 saturated heterocycles. The standard InChI is InChI=1S/C20H36N2O2/c1-18(2,3)24-17(23)21-12-15(13-7-8-13)22-16-19(4,5)14-9-10-20(16,6)11-14/h13-16,22H,7-12H2,1-6H3,(H,21,23). The highest BCUT2D eigenvalue weighted by Crippen LogP contribution is 2.62. The number of hydrogen-bond donors (Lipinski definition) is 2. The molecule has 3 aliphatic carbocycles. The topological polar surface area (TPSA) is 50.4 Å². The molecule has 3 rings (SSSR count). The van der Waals surface area contributed by atoms with Crippen LogP contribution in [0.1, 0.15) is 73.6 Å². The highest BCUT2D eigenvalue weighted by molar-refractivity contribution is 5.67. The van der Waals surface area contributed by atoms with Gasteiger partial charge in [-0.05, 0) is 75.5 Å². The SMILES string of the molecule is CC(C)(C)OC(=O)NCC(NC1C2(C)CCC(C2)C1(C)C)C1CC1. The molecule has 24 heavy (non-hydrogen) atoms. The predicted molar refractivity (Wildman–Crippen MR) is 96.9 cm³/mol. The van der Waals surface area contributed by atoms with Crippen molar-refractivity contribution in [3.8, 4) is 0 Å². The van der Waals surface area contributed by atoms with Crippen molar-refractivity contribution in [2.45, 2.75) is 91.3 Å². The molecule has 0 heterocycles. The molecule has 3 fully saturated rings. The van der Waals surface area contributed by atoms with Gasteiger partial charge in [0.05, 0.1) is 0 Å². The van der Waals surface area contributed by atoms with Gasteiger partial charge in [0.25, 0.3) is 0 Å². The highest BCUT2D eigenvalue weighted by atomic mass is 16.6. The lowest BCUT2D eigenvalue weighted by Crippen LogP contribution is -2.56. The summed E-state index contributed by atoms with van der Waals surface area (Å²) in [6.45, 7) is 13.7. The number of hydrogen-bond acceptors (Lipinski definition) is 3. The Morgan fingerprint density at radius 1 is 1.21 bits per heavy atom. The molecule has 0 aliphatic heterocycles. The Morgan fingerprint density at radius 2 is 1.88 bits per heavy atom. The van der Waals surface area contributed by atoms with Crippen molar-refractivity contribution in [1.29, 1.82) is 0 Å². The average Bonchev–Trinajstić information content (AvgIpc) is 3.14. The van der Waals surface area contributed by atoms with E-state index in [9.17, 15) is 4.79 Å². The van der Waals surface area contributed by atoms with E-state index in [-0.39, 0.29) is 6.09 Å². The minimum Gasteiger partial charge on any atom is -0.444 e. The molecular weight excluding hydrogens is 300 g/mol. The minimum absolute atomic E-state index is 0.298. The minimum atomic E-state index is -0.438. The van der Waals surface area contributed by atoms with Gasteiger partial charge < -0.3 is 15.4 Å². The lowest BCUT2D eigenvalue weighted by atomic mass is 9.68. The smallest absolute Gasteiger partial charge is 0.407 e. The number of nitrogens with one attached hydrogen (secondary N) is 2. The van der Waals surface area contributed by atoms with Crippen molar-refractivity contribution in [3.63, 3.8) is 0 Å². The first-order valence-electron chi connectivity index (χ1n) is 9.74. The first kappa shape index (κ1) is 18.0. The molecule has 0 radical (unpaired) electrons. The van der Waals surface area contributed by atoms with E-state index in [1.807, 2.05) is 20.8 Å². The summed E-state index contributed by atoms with van der Waals surface area (Å²) < 4.78 is 5.39. The van der Waals surface area contributed by atoms with Crippen molar-refractivity contribution >= 4 is 6.09 Å². The maximum Gasteiger partial charge on any atom is 0.407 e. The highest BCUT2D eigenvalue weighted by Gasteiger charge is 2.59. The molecule has 1 amide bonds. The molecule has 4 unspecified atom stereocenters. The summed E-state index contributed by atoms with van der Waals surface area (Å²) in [5, 5.41) is 6.98. The van der Waals surface area contributed by atoms with E-state index in [0.29, 0.717) is 35.4 Å². The summed E-state index contributed by atoms with van der Waals surface area (Å²) in [6.07, 6.45) is 6.34. The van der Waals surface area contributed by atoms with Crippen LogP contribution in [0.4, 0.5) is 4.79 Å². The van der Waals surface area contributed by atoms with E-state index in [1.54, 1.807) is 0 Å². The van der Waals surface area contributed by atoms with Gasteiger partial charge in [0.2, 0.25) is 0 Å². The first-order valence-corrected chi connectivity index (χ1v) is 9.74. The number of fused-ring (bicyclic) bond motifs is 2. The maximum atomic E-state index is 12.0. The fraction of sp³-hybridized carbons (Fsp3) is 0.950. The summed E-state index contributed by atoms with van der Waals surface area (Å²) in [5.41, 5.74) is 0.339. The molecule has 3 saturated carbocycles. The lowest BCUT2D eigenvalue weighted by molar-refractivity contribution is 0.0509. The van der Waals surface area contributed by atoms with Gasteiger partial charge in [0.1, 0.15) is 5.60 Å². The third-order valence-electron chi connectivity index (χ3n) is 6.71. The zero-order valence-corrected chi connectivity index (χ0v) is 16.4. The summed E-state index contributed by atoms with van der Waals surface area (Å²) in [5.74, 6) is 1.55. The molecule has 2 bridgehead atoms. The summed E-state index contributed by atoms with van der Waals surface area (Å²) in [4.78, 5) is 12.0. The van der Waals surface area contributed by atoms with Crippen LogP contribution < -0.4 is 10.6 Å². The van der Waals surface area contributed by atoms with Crippen LogP contribution in [0.3, 0.4) is 0 Å². The normalized spacial score (nSPS) is 35.8. The first-order chi connectivity index (χ1) is 11.0. The Bertz CT molecular complexity index is 488. The van der Waals surface area contributed by atoms with Gasteiger partial charge in [-0.3, -0.25) is 0 Å². The molecular formula is C20H36N2O2. The summed E-state index contributed by atoms with van der Waals surface area (Å²) in [7, 11) is 0. The van der Waals surface area contributed by atoms with Gasteiger partial charge in [-0.2, -0.15) is 0 Å². The van der Waals surface area contributed by atoms with Crippen LogP contribution in [0.5, 0.6) is 0 Å². The summed E-state index contributed by atoms with van der Waals surface area (Å²) in [6, 6.07) is 0.924. The average molecular weight is 337 g/mol. The fourth-order valence-corrected chi connectivity index (χ4v) is 5.30. The van der Waals surface area contributed by atoms with Crippen LogP contribution in [0, 0.1) is 22.7 Å². The van der Waals surface area contributed by atoms with Gasteiger partial charge in [-0.15, -0.1) is 0 Å². The van der Waals surface area contributed by atoms with Crippen LogP contribution in [0.25, 0.3) is 0 Å². The zero-order chi connectivity index (χ0) is 17.8. The number of carbonyl (C=O) groups is 1. The fourth-order valence-electron chi connectivity index (χ4n) is 5.30. The molecule has 4 nitrogen and oxygen atoms in total. The van der Waals surface area contributed by atoms with Gasteiger partial charge in [0.15, 0.2) is 0 Å². The second-order valence-corrected chi connectivity index (χ2v) is 10.3. The molecule has 0 aromatic heterocycles. The van der Waals surface area contributed by atoms with Gasteiger partial charge >= 0.3 is 6.09 Å². The molecule has 0 aromatic carbocycles. The molecule has 4 heteroatoms. The largest absolute Gasteiger partial charge is 0.444 e. The second kappa shape index (κ2) is 5.89. The Hall–Kier alpha value is -0.770. The molecule has 0 spiro atoms. The number of carbonyl (C=O) groups excluding carboxylic acids is 1. The van der Waals surface area contributed by atoms with Crippen LogP contribution in [0.15, 0.2) is 0 Å².